The van der Waals surface area contributed by atoms with Crippen LogP contribution in [0.25, 0.3) is 0 Å². The lowest BCUT2D eigenvalue weighted by Gasteiger charge is -2.21. The summed E-state index contributed by atoms with van der Waals surface area (Å²) in [5, 5.41) is 5.19. The van der Waals surface area contributed by atoms with Crippen molar-refractivity contribution in [3.05, 3.63) is 20.8 Å². The highest BCUT2D eigenvalue weighted by atomic mass is 35.5. The van der Waals surface area contributed by atoms with E-state index in [1.165, 1.54) is 11.3 Å². The highest BCUT2D eigenvalue weighted by molar-refractivity contribution is 7.13. The van der Waals surface area contributed by atoms with Gasteiger partial charge < -0.3 is 5.32 Å². The molecule has 1 heterocycles. The van der Waals surface area contributed by atoms with E-state index in [1.54, 1.807) is 0 Å². The molecule has 0 saturated heterocycles. The van der Waals surface area contributed by atoms with Gasteiger partial charge in [0.15, 0.2) is 0 Å². The lowest BCUT2D eigenvalue weighted by Crippen LogP contribution is -2.31. The molecular formula is C13H19Cl2NOS. The van der Waals surface area contributed by atoms with Gasteiger partial charge in [0.05, 0.1) is 10.4 Å². The molecule has 18 heavy (non-hydrogen) atoms. The van der Waals surface area contributed by atoms with Gasteiger partial charge in [-0.25, -0.2) is 0 Å². The number of carbonyl (C=O) groups excluding carboxylic acids is 1. The standard InChI is InChI=1S/C13H19Cl2NOS/c1-8-7-18-11(10(8)15)12(17)16-6-9(14)5-13(2,3)4/h7,9H,5-6H2,1-4H3,(H,16,17). The van der Waals surface area contributed by atoms with E-state index in [-0.39, 0.29) is 16.7 Å². The third kappa shape index (κ3) is 4.79. The largest absolute Gasteiger partial charge is 0.350 e. The van der Waals surface area contributed by atoms with Crippen molar-refractivity contribution in [1.82, 2.24) is 5.32 Å². The van der Waals surface area contributed by atoms with Crippen molar-refractivity contribution >= 4 is 40.4 Å². The number of thiophene rings is 1. The fourth-order valence-corrected chi connectivity index (χ4v) is 3.34. The van der Waals surface area contributed by atoms with Crippen molar-refractivity contribution in [2.24, 2.45) is 5.41 Å². The van der Waals surface area contributed by atoms with Crippen LogP contribution in [0.1, 0.15) is 42.4 Å². The number of amides is 1. The second-order valence-electron chi connectivity index (χ2n) is 5.63. The van der Waals surface area contributed by atoms with E-state index < -0.39 is 0 Å². The van der Waals surface area contributed by atoms with Gasteiger partial charge in [0.2, 0.25) is 0 Å². The van der Waals surface area contributed by atoms with Crippen molar-refractivity contribution in [1.29, 1.82) is 0 Å². The SMILES string of the molecule is Cc1csc(C(=O)NCC(Cl)CC(C)(C)C)c1Cl. The highest BCUT2D eigenvalue weighted by Crippen LogP contribution is 2.27. The molecule has 1 atom stereocenters. The molecule has 0 bridgehead atoms. The van der Waals surface area contributed by atoms with Gasteiger partial charge >= 0.3 is 0 Å². The quantitative estimate of drug-likeness (QED) is 0.816. The zero-order valence-corrected chi connectivity index (χ0v) is 13.5. The van der Waals surface area contributed by atoms with Crippen LogP contribution in [-0.2, 0) is 0 Å². The van der Waals surface area contributed by atoms with Gasteiger partial charge in [-0.1, -0.05) is 32.4 Å². The molecule has 5 heteroatoms. The van der Waals surface area contributed by atoms with Crippen molar-refractivity contribution in [2.45, 2.75) is 39.5 Å². The van der Waals surface area contributed by atoms with Crippen LogP contribution in [0.5, 0.6) is 0 Å². The lowest BCUT2D eigenvalue weighted by molar-refractivity contribution is 0.0956. The number of hydrogen-bond donors (Lipinski definition) is 1. The molecule has 1 amide bonds. The third-order valence-electron chi connectivity index (χ3n) is 2.42. The maximum atomic E-state index is 11.9. The summed E-state index contributed by atoms with van der Waals surface area (Å²) in [6.45, 7) is 8.74. The molecule has 0 radical (unpaired) electrons. The van der Waals surface area contributed by atoms with E-state index in [4.69, 9.17) is 23.2 Å². The number of halogens is 2. The third-order valence-corrected chi connectivity index (χ3v) is 4.43. The summed E-state index contributed by atoms with van der Waals surface area (Å²) < 4.78 is 0. The fourth-order valence-electron chi connectivity index (χ4n) is 1.60. The van der Waals surface area contributed by atoms with Gasteiger partial charge in [0.25, 0.3) is 5.91 Å². The fraction of sp³-hybridized carbons (Fsp3) is 0.615. The first-order chi connectivity index (χ1) is 8.20. The molecule has 0 aromatic carbocycles. The molecule has 0 aliphatic carbocycles. The van der Waals surface area contributed by atoms with Crippen LogP contribution >= 0.6 is 34.5 Å². The Bertz CT molecular complexity index is 423. The maximum absolute atomic E-state index is 11.9. The topological polar surface area (TPSA) is 29.1 Å². The van der Waals surface area contributed by atoms with Crippen molar-refractivity contribution in [3.63, 3.8) is 0 Å². The Morgan fingerprint density at radius 2 is 2.11 bits per heavy atom. The summed E-state index contributed by atoms with van der Waals surface area (Å²) in [5.41, 5.74) is 1.10. The summed E-state index contributed by atoms with van der Waals surface area (Å²) in [7, 11) is 0. The van der Waals surface area contributed by atoms with E-state index >= 15 is 0 Å². The van der Waals surface area contributed by atoms with Crippen LogP contribution < -0.4 is 5.32 Å². The van der Waals surface area contributed by atoms with E-state index in [1.807, 2.05) is 12.3 Å². The van der Waals surface area contributed by atoms with Crippen molar-refractivity contribution in [2.75, 3.05) is 6.54 Å². The Morgan fingerprint density at radius 1 is 1.50 bits per heavy atom. The van der Waals surface area contributed by atoms with Gasteiger partial charge in [0, 0.05) is 6.54 Å². The van der Waals surface area contributed by atoms with Gasteiger partial charge in [-0.3, -0.25) is 4.79 Å². The number of nitrogens with one attached hydrogen (secondary N) is 1. The predicted octanol–water partition coefficient (Wildman–Crippen LogP) is 4.48. The molecule has 0 saturated carbocycles. The highest BCUT2D eigenvalue weighted by Gasteiger charge is 2.19. The van der Waals surface area contributed by atoms with Crippen molar-refractivity contribution in [3.8, 4) is 0 Å². The normalized spacial score (nSPS) is 13.4. The molecule has 2 nitrogen and oxygen atoms in total. The molecule has 1 N–H and O–H groups in total. The zero-order valence-electron chi connectivity index (χ0n) is 11.1. The Labute approximate surface area is 123 Å². The minimum absolute atomic E-state index is 0.0613. The summed E-state index contributed by atoms with van der Waals surface area (Å²) in [4.78, 5) is 12.5. The molecule has 1 unspecified atom stereocenters. The Balaban J connectivity index is 2.49. The molecule has 1 rings (SSSR count). The number of aryl methyl sites for hydroxylation is 1. The monoisotopic (exact) mass is 307 g/mol. The molecule has 0 aliphatic rings. The minimum Gasteiger partial charge on any atom is -0.350 e. The molecule has 0 fully saturated rings. The Kier molecular flexibility index (Phi) is 5.50. The predicted molar refractivity (Wildman–Crippen MR) is 80.1 cm³/mol. The summed E-state index contributed by atoms with van der Waals surface area (Å²) in [6.07, 6.45) is 0.853. The molecule has 1 aromatic rings. The van der Waals surface area contributed by atoms with Gasteiger partial charge in [-0.05, 0) is 29.7 Å². The van der Waals surface area contributed by atoms with Crippen LogP contribution in [-0.4, -0.2) is 17.8 Å². The van der Waals surface area contributed by atoms with Crippen LogP contribution in [0.4, 0.5) is 0 Å². The van der Waals surface area contributed by atoms with Crippen LogP contribution in [0.3, 0.4) is 0 Å². The van der Waals surface area contributed by atoms with Crippen LogP contribution in [0, 0.1) is 12.3 Å². The Morgan fingerprint density at radius 3 is 2.56 bits per heavy atom. The van der Waals surface area contributed by atoms with Gasteiger partial charge in [-0.2, -0.15) is 0 Å². The molecular weight excluding hydrogens is 289 g/mol. The first-order valence-electron chi connectivity index (χ1n) is 5.86. The second kappa shape index (κ2) is 6.27. The first kappa shape index (κ1) is 15.8. The van der Waals surface area contributed by atoms with E-state index in [2.05, 4.69) is 26.1 Å². The number of carbonyl (C=O) groups is 1. The van der Waals surface area contributed by atoms with E-state index in [9.17, 15) is 4.79 Å². The first-order valence-corrected chi connectivity index (χ1v) is 7.56. The second-order valence-corrected chi connectivity index (χ2v) is 7.51. The summed E-state index contributed by atoms with van der Waals surface area (Å²) in [6, 6.07) is 0. The average molecular weight is 308 g/mol. The minimum atomic E-state index is -0.141. The van der Waals surface area contributed by atoms with Gasteiger partial charge in [-0.15, -0.1) is 22.9 Å². The van der Waals surface area contributed by atoms with Crippen LogP contribution in [0.15, 0.2) is 5.38 Å². The zero-order chi connectivity index (χ0) is 13.9. The van der Waals surface area contributed by atoms with Crippen LogP contribution in [0.2, 0.25) is 5.02 Å². The summed E-state index contributed by atoms with van der Waals surface area (Å²) in [5.74, 6) is -0.141. The average Bonchev–Trinajstić information content (AvgIpc) is 2.54. The van der Waals surface area contributed by atoms with Crippen molar-refractivity contribution < 1.29 is 4.79 Å². The smallest absolute Gasteiger partial charge is 0.262 e. The van der Waals surface area contributed by atoms with Gasteiger partial charge in [0.1, 0.15) is 4.88 Å². The number of hydrogen-bond acceptors (Lipinski definition) is 2. The number of alkyl halides is 1. The Hall–Kier alpha value is -0.250. The summed E-state index contributed by atoms with van der Waals surface area (Å²) >= 11 is 13.6. The maximum Gasteiger partial charge on any atom is 0.262 e. The van der Waals surface area contributed by atoms with E-state index in [0.717, 1.165) is 12.0 Å². The van der Waals surface area contributed by atoms with E-state index in [0.29, 0.717) is 16.4 Å². The molecule has 102 valence electrons. The molecule has 0 spiro atoms. The number of rotatable bonds is 4. The molecule has 0 aliphatic heterocycles. The molecule has 1 aromatic heterocycles. The lowest BCUT2D eigenvalue weighted by atomic mass is 9.90.